The Labute approximate surface area is 152 Å². The van der Waals surface area contributed by atoms with E-state index in [-0.39, 0.29) is 22.5 Å². The molecule has 0 atom stereocenters. The maximum Gasteiger partial charge on any atom is 0.261 e. The molecule has 0 aromatic heterocycles. The summed E-state index contributed by atoms with van der Waals surface area (Å²) >= 11 is 5.87. The van der Waals surface area contributed by atoms with Crippen molar-refractivity contribution in [3.8, 4) is 0 Å². The number of hydrogen-bond acceptors (Lipinski definition) is 3. The van der Waals surface area contributed by atoms with Crippen molar-refractivity contribution in [3.63, 3.8) is 0 Å². The summed E-state index contributed by atoms with van der Waals surface area (Å²) in [4.78, 5) is 12.6. The van der Waals surface area contributed by atoms with E-state index in [0.29, 0.717) is 10.6 Å². The van der Waals surface area contributed by atoms with E-state index in [1.807, 2.05) is 0 Å². The van der Waals surface area contributed by atoms with Crippen LogP contribution in [0.2, 0.25) is 5.02 Å². The van der Waals surface area contributed by atoms with Crippen molar-refractivity contribution in [1.29, 1.82) is 0 Å². The van der Waals surface area contributed by atoms with Crippen LogP contribution >= 0.6 is 11.6 Å². The fourth-order valence-corrected chi connectivity index (χ4v) is 4.32. The van der Waals surface area contributed by atoms with Gasteiger partial charge in [0.05, 0.1) is 16.1 Å². The number of carbonyl (C=O) groups excluding carboxylic acids is 1. The maximum atomic E-state index is 12.6. The summed E-state index contributed by atoms with van der Waals surface area (Å²) < 4.78 is 27.6. The second-order valence-corrected chi connectivity index (χ2v) is 8.18. The Hall–Kier alpha value is -2.05. The van der Waals surface area contributed by atoms with Crippen LogP contribution in [0.15, 0.2) is 53.4 Å². The van der Waals surface area contributed by atoms with Crippen LogP contribution in [0.3, 0.4) is 0 Å². The molecule has 0 saturated heterocycles. The quantitative estimate of drug-likeness (QED) is 0.830. The molecule has 1 saturated carbocycles. The smallest absolute Gasteiger partial charge is 0.261 e. The lowest BCUT2D eigenvalue weighted by Crippen LogP contribution is -2.33. The molecule has 5 nitrogen and oxygen atoms in total. The number of hydrogen-bond donors (Lipinski definition) is 2. The highest BCUT2D eigenvalue weighted by atomic mass is 35.5. The first-order valence-electron chi connectivity index (χ1n) is 8.14. The van der Waals surface area contributed by atoms with Gasteiger partial charge in [0.2, 0.25) is 0 Å². The SMILES string of the molecule is O=C(NC1CCCC1)c1ccccc1NS(=O)(=O)c1cccc(Cl)c1. The van der Waals surface area contributed by atoms with Crippen molar-refractivity contribution in [3.05, 3.63) is 59.1 Å². The maximum absolute atomic E-state index is 12.6. The van der Waals surface area contributed by atoms with Crippen LogP contribution in [0.1, 0.15) is 36.0 Å². The number of benzene rings is 2. The Morgan fingerprint density at radius 2 is 1.76 bits per heavy atom. The molecular formula is C18H19ClN2O3S. The van der Waals surface area contributed by atoms with E-state index in [1.165, 1.54) is 12.1 Å². The Morgan fingerprint density at radius 3 is 2.48 bits per heavy atom. The molecule has 0 bridgehead atoms. The predicted octanol–water partition coefficient (Wildman–Crippen LogP) is 3.81. The molecule has 0 heterocycles. The van der Waals surface area contributed by atoms with Gasteiger partial charge in [-0.25, -0.2) is 8.42 Å². The fourth-order valence-electron chi connectivity index (χ4n) is 2.94. The number of sulfonamides is 1. The minimum atomic E-state index is -3.83. The van der Waals surface area contributed by atoms with Gasteiger partial charge in [-0.3, -0.25) is 9.52 Å². The molecule has 1 aliphatic rings. The Kier molecular flexibility index (Phi) is 5.30. The Morgan fingerprint density at radius 1 is 1.04 bits per heavy atom. The van der Waals surface area contributed by atoms with E-state index in [2.05, 4.69) is 10.0 Å². The summed E-state index contributed by atoms with van der Waals surface area (Å²) in [6.07, 6.45) is 4.13. The number of nitrogens with one attached hydrogen (secondary N) is 2. The Balaban J connectivity index is 1.84. The summed E-state index contributed by atoms with van der Waals surface area (Å²) in [5.41, 5.74) is 0.554. The van der Waals surface area contributed by atoms with Crippen molar-refractivity contribution in [2.75, 3.05) is 4.72 Å². The van der Waals surface area contributed by atoms with Gasteiger partial charge >= 0.3 is 0 Å². The summed E-state index contributed by atoms with van der Waals surface area (Å²) in [6, 6.07) is 12.7. The van der Waals surface area contributed by atoms with E-state index < -0.39 is 10.0 Å². The highest BCUT2D eigenvalue weighted by Gasteiger charge is 2.22. The van der Waals surface area contributed by atoms with Crippen LogP contribution in [-0.4, -0.2) is 20.4 Å². The summed E-state index contributed by atoms with van der Waals surface area (Å²) in [7, 11) is -3.83. The van der Waals surface area contributed by atoms with Gasteiger partial charge in [-0.15, -0.1) is 0 Å². The third kappa shape index (κ3) is 4.32. The molecule has 3 rings (SSSR count). The lowest BCUT2D eigenvalue weighted by Gasteiger charge is -2.15. The average Bonchev–Trinajstić information content (AvgIpc) is 3.08. The largest absolute Gasteiger partial charge is 0.349 e. The first kappa shape index (κ1) is 17.8. The van der Waals surface area contributed by atoms with Gasteiger partial charge in [-0.2, -0.15) is 0 Å². The first-order valence-corrected chi connectivity index (χ1v) is 10.00. The molecule has 0 unspecified atom stereocenters. The van der Waals surface area contributed by atoms with Crippen molar-refractivity contribution < 1.29 is 13.2 Å². The van der Waals surface area contributed by atoms with Crippen LogP contribution < -0.4 is 10.0 Å². The lowest BCUT2D eigenvalue weighted by molar-refractivity contribution is 0.0939. The minimum absolute atomic E-state index is 0.0472. The van der Waals surface area contributed by atoms with E-state index >= 15 is 0 Å². The third-order valence-corrected chi connectivity index (χ3v) is 5.81. The second-order valence-electron chi connectivity index (χ2n) is 6.06. The van der Waals surface area contributed by atoms with Crippen molar-refractivity contribution in [2.24, 2.45) is 0 Å². The number of halogens is 1. The van der Waals surface area contributed by atoms with Crippen LogP contribution in [0, 0.1) is 0 Å². The lowest BCUT2D eigenvalue weighted by atomic mass is 10.1. The standard InChI is InChI=1S/C18H19ClN2O3S/c19-13-6-5-9-15(12-13)25(23,24)21-17-11-4-3-10-16(17)18(22)20-14-7-1-2-8-14/h3-6,9-12,14,21H,1-2,7-8H2,(H,20,22). The fraction of sp³-hybridized carbons (Fsp3) is 0.278. The highest BCUT2D eigenvalue weighted by Crippen LogP contribution is 2.23. The van der Waals surface area contributed by atoms with E-state index in [1.54, 1.807) is 36.4 Å². The zero-order chi connectivity index (χ0) is 17.9. The number of anilines is 1. The molecule has 25 heavy (non-hydrogen) atoms. The van der Waals surface area contributed by atoms with Crippen molar-refractivity contribution in [2.45, 2.75) is 36.6 Å². The van der Waals surface area contributed by atoms with Crippen molar-refractivity contribution in [1.82, 2.24) is 5.32 Å². The summed E-state index contributed by atoms with van der Waals surface area (Å²) in [5, 5.41) is 3.30. The molecule has 2 aromatic rings. The number of carbonyl (C=O) groups is 1. The van der Waals surface area contributed by atoms with Crippen LogP contribution in [0.4, 0.5) is 5.69 Å². The van der Waals surface area contributed by atoms with E-state index in [0.717, 1.165) is 25.7 Å². The van der Waals surface area contributed by atoms with Gasteiger partial charge in [0.1, 0.15) is 0 Å². The molecule has 1 fully saturated rings. The zero-order valence-electron chi connectivity index (χ0n) is 13.5. The van der Waals surface area contributed by atoms with Crippen LogP contribution in [0.5, 0.6) is 0 Å². The normalized spacial score (nSPS) is 15.1. The predicted molar refractivity (Wildman–Crippen MR) is 98.4 cm³/mol. The molecule has 132 valence electrons. The molecule has 7 heteroatoms. The first-order chi connectivity index (χ1) is 12.0. The molecular weight excluding hydrogens is 360 g/mol. The molecule has 0 aliphatic heterocycles. The van der Waals surface area contributed by atoms with Gasteiger partial charge in [0.25, 0.3) is 15.9 Å². The minimum Gasteiger partial charge on any atom is -0.349 e. The number of para-hydroxylation sites is 1. The van der Waals surface area contributed by atoms with E-state index in [9.17, 15) is 13.2 Å². The highest BCUT2D eigenvalue weighted by molar-refractivity contribution is 7.92. The average molecular weight is 379 g/mol. The monoisotopic (exact) mass is 378 g/mol. The number of amides is 1. The molecule has 2 N–H and O–H groups in total. The molecule has 1 aliphatic carbocycles. The topological polar surface area (TPSA) is 75.3 Å². The van der Waals surface area contributed by atoms with Crippen molar-refractivity contribution >= 4 is 33.2 Å². The Bertz CT molecular complexity index is 877. The number of rotatable bonds is 5. The third-order valence-electron chi connectivity index (χ3n) is 4.21. The summed E-state index contributed by atoms with van der Waals surface area (Å²) in [5.74, 6) is -0.267. The van der Waals surface area contributed by atoms with E-state index in [4.69, 9.17) is 11.6 Å². The second kappa shape index (κ2) is 7.45. The molecule has 0 radical (unpaired) electrons. The van der Waals surface area contributed by atoms with Crippen LogP contribution in [-0.2, 0) is 10.0 Å². The van der Waals surface area contributed by atoms with Crippen LogP contribution in [0.25, 0.3) is 0 Å². The van der Waals surface area contributed by atoms with Gasteiger partial charge in [0, 0.05) is 11.1 Å². The molecule has 2 aromatic carbocycles. The van der Waals surface area contributed by atoms with Gasteiger partial charge < -0.3 is 5.32 Å². The summed E-state index contributed by atoms with van der Waals surface area (Å²) in [6.45, 7) is 0. The molecule has 0 spiro atoms. The molecule has 1 amide bonds. The van der Waals surface area contributed by atoms with Gasteiger partial charge in [-0.1, -0.05) is 42.6 Å². The van der Waals surface area contributed by atoms with Gasteiger partial charge in [0.15, 0.2) is 0 Å². The van der Waals surface area contributed by atoms with Gasteiger partial charge in [-0.05, 0) is 43.2 Å². The zero-order valence-corrected chi connectivity index (χ0v) is 15.1.